The Labute approximate surface area is 138 Å². The van der Waals surface area contributed by atoms with Gasteiger partial charge in [-0.15, -0.1) is 0 Å². The Morgan fingerprint density at radius 1 is 1.00 bits per heavy atom. The maximum atomic E-state index is 11.8. The van der Waals surface area contributed by atoms with Gasteiger partial charge in [-0.2, -0.15) is 9.97 Å². The van der Waals surface area contributed by atoms with Crippen molar-refractivity contribution in [2.75, 3.05) is 14.2 Å². The summed E-state index contributed by atoms with van der Waals surface area (Å²) in [5.74, 6) is -0.0404. The Kier molecular flexibility index (Phi) is 6.44. The molecule has 0 amide bonds. The first-order chi connectivity index (χ1) is 9.22. The molecule has 6 nitrogen and oxygen atoms in total. The number of hydrogen-bond donors (Lipinski definition) is 0. The van der Waals surface area contributed by atoms with Crippen LogP contribution < -0.4 is 14.2 Å². The van der Waals surface area contributed by atoms with Gasteiger partial charge in [0.25, 0.3) is 0 Å². The third kappa shape index (κ3) is 4.19. The summed E-state index contributed by atoms with van der Waals surface area (Å²) in [5, 5.41) is 0. The average Bonchev–Trinajstić information content (AvgIpc) is 2.47. The van der Waals surface area contributed by atoms with Crippen LogP contribution in [0.3, 0.4) is 0 Å². The van der Waals surface area contributed by atoms with Crippen molar-refractivity contribution in [2.24, 2.45) is 0 Å². The molecule has 0 fully saturated rings. The van der Waals surface area contributed by atoms with Crippen molar-refractivity contribution in [1.82, 2.24) is 9.97 Å². The van der Waals surface area contributed by atoms with Crippen molar-refractivity contribution in [3.63, 3.8) is 0 Å². The molecular weight excluding hydrogens is 271 g/mol. The first-order valence-electron chi connectivity index (χ1n) is 5.47. The molecule has 2 rings (SSSR count). The summed E-state index contributed by atoms with van der Waals surface area (Å²) in [5.41, 5.74) is 0.410. The fourth-order valence-corrected chi connectivity index (χ4v) is 1.35. The number of nitrogens with zero attached hydrogens (tertiary/aromatic N) is 2. The maximum absolute atomic E-state index is 11.8. The number of ether oxygens (including phenoxy) is 3. The first kappa shape index (κ1) is 16.4. The summed E-state index contributed by atoms with van der Waals surface area (Å²) < 4.78 is 15.0. The van der Waals surface area contributed by atoms with Crippen LogP contribution in [0.25, 0.3) is 0 Å². The number of hydrogen-bond acceptors (Lipinski definition) is 6. The Balaban J connectivity index is 0.00000200. The molecule has 0 radical (unpaired) electrons. The van der Waals surface area contributed by atoms with Gasteiger partial charge in [0.05, 0.1) is 25.8 Å². The summed E-state index contributed by atoms with van der Waals surface area (Å²) in [7, 11) is 2.90. The molecule has 0 aliphatic heterocycles. The van der Waals surface area contributed by atoms with Gasteiger partial charge < -0.3 is 14.2 Å². The second-order valence-corrected chi connectivity index (χ2v) is 3.49. The third-order valence-electron chi connectivity index (χ3n) is 2.27. The molecule has 1 heterocycles. The van der Waals surface area contributed by atoms with Crippen LogP contribution in [-0.2, 0) is 0 Å². The number of benzene rings is 1. The van der Waals surface area contributed by atoms with E-state index in [0.717, 1.165) is 0 Å². The summed E-state index contributed by atoms with van der Waals surface area (Å²) in [4.78, 5) is 19.6. The van der Waals surface area contributed by atoms with Crippen LogP contribution in [0.1, 0.15) is 10.4 Å². The summed E-state index contributed by atoms with van der Waals surface area (Å²) in [6.07, 6.45) is 0. The van der Waals surface area contributed by atoms with E-state index in [2.05, 4.69) is 9.97 Å². The number of esters is 1. The predicted octanol–water partition coefficient (Wildman–Crippen LogP) is 1.06. The number of carbonyl (C=O) groups excluding carboxylic acids is 1. The summed E-state index contributed by atoms with van der Waals surface area (Å²) >= 11 is 0. The zero-order chi connectivity index (χ0) is 13.7. The quantitative estimate of drug-likeness (QED) is 0.617. The van der Waals surface area contributed by atoms with Crippen molar-refractivity contribution < 1.29 is 19.0 Å². The van der Waals surface area contributed by atoms with Gasteiger partial charge >= 0.3 is 41.5 Å². The number of aromatic nitrogens is 2. The Hall–Kier alpha value is -1.63. The SMILES string of the molecule is COc1cc(OC)nc(OC(=O)c2ccccc2)n1.[NaH]. The van der Waals surface area contributed by atoms with Crippen molar-refractivity contribution in [3.8, 4) is 17.8 Å². The summed E-state index contributed by atoms with van der Waals surface area (Å²) in [6, 6.07) is 9.93. The van der Waals surface area contributed by atoms with Gasteiger partial charge in [-0.25, -0.2) is 4.79 Å². The van der Waals surface area contributed by atoms with E-state index in [1.165, 1.54) is 20.3 Å². The van der Waals surface area contributed by atoms with Gasteiger partial charge in [0.15, 0.2) is 0 Å². The molecular formula is C13H13N2NaO4. The van der Waals surface area contributed by atoms with Crippen LogP contribution in [0.2, 0.25) is 0 Å². The monoisotopic (exact) mass is 284 g/mol. The van der Waals surface area contributed by atoms with Crippen LogP contribution in [0.5, 0.6) is 17.8 Å². The molecule has 0 atom stereocenters. The third-order valence-corrected chi connectivity index (χ3v) is 2.27. The van der Waals surface area contributed by atoms with Crippen molar-refractivity contribution in [1.29, 1.82) is 0 Å². The zero-order valence-corrected chi connectivity index (χ0v) is 10.5. The molecule has 1 aromatic carbocycles. The van der Waals surface area contributed by atoms with E-state index in [0.29, 0.717) is 5.56 Å². The zero-order valence-electron chi connectivity index (χ0n) is 10.5. The van der Waals surface area contributed by atoms with Gasteiger partial charge in [0.1, 0.15) is 0 Å². The molecule has 100 valence electrons. The minimum absolute atomic E-state index is 0. The Morgan fingerprint density at radius 2 is 1.55 bits per heavy atom. The molecule has 0 unspecified atom stereocenters. The van der Waals surface area contributed by atoms with Gasteiger partial charge in [0, 0.05) is 0 Å². The van der Waals surface area contributed by atoms with Crippen molar-refractivity contribution in [3.05, 3.63) is 42.0 Å². The van der Waals surface area contributed by atoms with E-state index in [4.69, 9.17) is 14.2 Å². The summed E-state index contributed by atoms with van der Waals surface area (Å²) in [6.45, 7) is 0. The average molecular weight is 284 g/mol. The van der Waals surface area contributed by atoms with Gasteiger partial charge in [0.2, 0.25) is 11.8 Å². The molecule has 0 bridgehead atoms. The fourth-order valence-electron chi connectivity index (χ4n) is 1.35. The number of rotatable bonds is 4. The molecule has 7 heteroatoms. The molecule has 0 aliphatic carbocycles. The van der Waals surface area contributed by atoms with Crippen molar-refractivity contribution in [2.45, 2.75) is 0 Å². The molecule has 0 aliphatic rings. The van der Waals surface area contributed by atoms with Crippen LogP contribution in [0.15, 0.2) is 36.4 Å². The van der Waals surface area contributed by atoms with Crippen LogP contribution in [-0.4, -0.2) is 59.7 Å². The number of carbonyl (C=O) groups is 1. The van der Waals surface area contributed by atoms with Crippen molar-refractivity contribution >= 4 is 35.5 Å². The van der Waals surface area contributed by atoms with E-state index in [1.807, 2.05) is 6.07 Å². The van der Waals surface area contributed by atoms with Crippen LogP contribution >= 0.6 is 0 Å². The normalized spacial score (nSPS) is 9.30. The van der Waals surface area contributed by atoms with E-state index >= 15 is 0 Å². The molecule has 0 spiro atoms. The van der Waals surface area contributed by atoms with E-state index in [9.17, 15) is 4.79 Å². The van der Waals surface area contributed by atoms with Crippen LogP contribution in [0.4, 0.5) is 0 Å². The Bertz CT molecular complexity index is 556. The molecule has 20 heavy (non-hydrogen) atoms. The molecule has 2 aromatic rings. The van der Waals surface area contributed by atoms with E-state index < -0.39 is 5.97 Å². The van der Waals surface area contributed by atoms with E-state index in [1.54, 1.807) is 24.3 Å². The second-order valence-electron chi connectivity index (χ2n) is 3.49. The predicted molar refractivity (Wildman–Crippen MR) is 73.7 cm³/mol. The topological polar surface area (TPSA) is 70.5 Å². The Morgan fingerprint density at radius 3 is 2.05 bits per heavy atom. The number of methoxy groups -OCH3 is 2. The standard InChI is InChI=1S/C13H12N2O4.Na.H/c1-17-10-8-11(18-2)15-13(14-10)19-12(16)9-6-4-3-5-7-9;;/h3-8H,1-2H3;;. The second kappa shape index (κ2) is 7.84. The van der Waals surface area contributed by atoms with E-state index in [-0.39, 0.29) is 47.3 Å². The fraction of sp³-hybridized carbons (Fsp3) is 0.154. The first-order valence-corrected chi connectivity index (χ1v) is 5.47. The molecule has 0 saturated heterocycles. The molecule has 1 aromatic heterocycles. The molecule has 0 saturated carbocycles. The van der Waals surface area contributed by atoms with Gasteiger partial charge in [-0.3, -0.25) is 0 Å². The van der Waals surface area contributed by atoms with Gasteiger partial charge in [-0.1, -0.05) is 18.2 Å². The van der Waals surface area contributed by atoms with Gasteiger partial charge in [-0.05, 0) is 12.1 Å². The minimum atomic E-state index is -0.545. The van der Waals surface area contributed by atoms with Crippen LogP contribution in [0, 0.1) is 0 Å². The molecule has 0 N–H and O–H groups in total.